The SMILES string of the molecule is c1ccc2c(c1)oc1cc3c4ncccc4n(-c4ccc5oc6cccc7c8ccccc8c4c5c67)c3cc12. The van der Waals surface area contributed by atoms with Gasteiger partial charge in [0.15, 0.2) is 0 Å². The lowest BCUT2D eigenvalue weighted by Gasteiger charge is -2.15. The zero-order chi connectivity index (χ0) is 25.2. The fourth-order valence-electron chi connectivity index (χ4n) is 6.83. The fourth-order valence-corrected chi connectivity index (χ4v) is 6.83. The monoisotopic (exact) mass is 498 g/mol. The maximum atomic E-state index is 6.39. The molecule has 0 aliphatic carbocycles. The molecular formula is C35H18N2O2. The van der Waals surface area contributed by atoms with Crippen LogP contribution in [-0.4, -0.2) is 9.55 Å². The Morgan fingerprint density at radius 1 is 0.462 bits per heavy atom. The normalized spacial score (nSPS) is 12.6. The number of hydrogen-bond donors (Lipinski definition) is 0. The minimum atomic E-state index is 0.876. The van der Waals surface area contributed by atoms with Gasteiger partial charge in [0.05, 0.1) is 22.2 Å². The summed E-state index contributed by atoms with van der Waals surface area (Å²) in [4.78, 5) is 4.85. The predicted octanol–water partition coefficient (Wildman–Crippen LogP) is 9.72. The topological polar surface area (TPSA) is 44.1 Å². The van der Waals surface area contributed by atoms with Crippen molar-refractivity contribution in [1.82, 2.24) is 9.55 Å². The van der Waals surface area contributed by atoms with Crippen LogP contribution in [0.2, 0.25) is 0 Å². The van der Waals surface area contributed by atoms with Crippen molar-refractivity contribution in [2.45, 2.75) is 0 Å². The van der Waals surface area contributed by atoms with Crippen LogP contribution in [0.15, 0.2) is 118 Å². The summed E-state index contributed by atoms with van der Waals surface area (Å²) in [6, 6.07) is 36.2. The Balaban J connectivity index is 1.47. The van der Waals surface area contributed by atoms with Crippen LogP contribution in [0.25, 0.3) is 93.0 Å². The predicted molar refractivity (Wildman–Crippen MR) is 159 cm³/mol. The number of rotatable bonds is 1. The number of para-hydroxylation sites is 1. The maximum Gasteiger partial charge on any atom is 0.136 e. The van der Waals surface area contributed by atoms with Gasteiger partial charge in [0, 0.05) is 38.5 Å². The van der Waals surface area contributed by atoms with Crippen LogP contribution in [0.4, 0.5) is 0 Å². The van der Waals surface area contributed by atoms with Crippen molar-refractivity contribution in [2.75, 3.05) is 0 Å². The van der Waals surface area contributed by atoms with E-state index in [4.69, 9.17) is 13.8 Å². The Morgan fingerprint density at radius 3 is 2.15 bits per heavy atom. The summed E-state index contributed by atoms with van der Waals surface area (Å²) in [6.07, 6.45) is 1.87. The summed E-state index contributed by atoms with van der Waals surface area (Å²) < 4.78 is 15.0. The lowest BCUT2D eigenvalue weighted by Crippen LogP contribution is -1.96. The molecular weight excluding hydrogens is 480 g/mol. The minimum Gasteiger partial charge on any atom is -0.456 e. The molecule has 0 bridgehead atoms. The molecule has 0 aliphatic rings. The van der Waals surface area contributed by atoms with E-state index in [9.17, 15) is 0 Å². The fraction of sp³-hybridized carbons (Fsp3) is 0. The third kappa shape index (κ3) is 2.33. The molecule has 0 saturated heterocycles. The van der Waals surface area contributed by atoms with E-state index in [-0.39, 0.29) is 0 Å². The molecule has 0 N–H and O–H groups in total. The van der Waals surface area contributed by atoms with Crippen LogP contribution in [-0.2, 0) is 0 Å². The molecule has 0 unspecified atom stereocenters. The van der Waals surface area contributed by atoms with Crippen molar-refractivity contribution in [1.29, 1.82) is 0 Å². The highest BCUT2D eigenvalue weighted by Crippen LogP contribution is 2.46. The standard InChI is InChI=1S/C35H18N2O2/c1-2-9-21-19(7-1)22-10-5-13-29-33(22)34-30(39-29)15-14-25(32(21)34)37-26-11-6-16-36-35(26)24-18-31-23(17-27(24)37)20-8-3-4-12-28(20)38-31/h1-18H. The Morgan fingerprint density at radius 2 is 1.21 bits per heavy atom. The summed E-state index contributed by atoms with van der Waals surface area (Å²) in [6.45, 7) is 0. The molecule has 0 aliphatic heterocycles. The maximum absolute atomic E-state index is 6.39. The number of nitrogens with zero attached hydrogens (tertiary/aromatic N) is 2. The smallest absolute Gasteiger partial charge is 0.136 e. The first kappa shape index (κ1) is 19.7. The summed E-state index contributed by atoms with van der Waals surface area (Å²) >= 11 is 0. The van der Waals surface area contributed by atoms with Crippen LogP contribution in [0.1, 0.15) is 0 Å². The number of benzene rings is 6. The summed E-state index contributed by atoms with van der Waals surface area (Å²) in [5, 5.41) is 10.5. The van der Waals surface area contributed by atoms with Crippen molar-refractivity contribution in [3.8, 4) is 5.69 Å². The zero-order valence-corrected chi connectivity index (χ0v) is 20.6. The van der Waals surface area contributed by atoms with E-state index in [2.05, 4.69) is 89.5 Å². The Bertz CT molecular complexity index is 2610. The second-order valence-electron chi connectivity index (χ2n) is 10.3. The molecule has 10 aromatic rings. The molecule has 0 atom stereocenters. The van der Waals surface area contributed by atoms with Gasteiger partial charge in [-0.25, -0.2) is 0 Å². The van der Waals surface area contributed by atoms with Crippen LogP contribution in [0.3, 0.4) is 0 Å². The highest BCUT2D eigenvalue weighted by atomic mass is 16.3. The van der Waals surface area contributed by atoms with E-state index < -0.39 is 0 Å². The van der Waals surface area contributed by atoms with Crippen molar-refractivity contribution in [3.63, 3.8) is 0 Å². The molecule has 39 heavy (non-hydrogen) atoms. The first-order valence-corrected chi connectivity index (χ1v) is 13.1. The molecule has 4 aromatic heterocycles. The number of fused-ring (bicyclic) bond motifs is 9. The van der Waals surface area contributed by atoms with Gasteiger partial charge in [-0.05, 0) is 64.7 Å². The summed E-state index contributed by atoms with van der Waals surface area (Å²) in [5.74, 6) is 0. The number of aromatic nitrogens is 2. The van der Waals surface area contributed by atoms with Crippen molar-refractivity contribution in [2.24, 2.45) is 0 Å². The van der Waals surface area contributed by atoms with Gasteiger partial charge < -0.3 is 13.4 Å². The lowest BCUT2D eigenvalue weighted by atomic mass is 9.93. The van der Waals surface area contributed by atoms with E-state index in [0.717, 1.165) is 60.7 Å². The summed E-state index contributed by atoms with van der Waals surface area (Å²) in [7, 11) is 0. The van der Waals surface area contributed by atoms with Gasteiger partial charge in [-0.15, -0.1) is 0 Å². The van der Waals surface area contributed by atoms with Crippen LogP contribution >= 0.6 is 0 Å². The van der Waals surface area contributed by atoms with Gasteiger partial charge in [-0.2, -0.15) is 0 Å². The molecule has 4 nitrogen and oxygen atoms in total. The Kier molecular flexibility index (Phi) is 3.41. The molecule has 6 aromatic carbocycles. The molecule has 0 spiro atoms. The minimum absolute atomic E-state index is 0.876. The molecule has 0 radical (unpaired) electrons. The summed E-state index contributed by atoms with van der Waals surface area (Å²) in [5.41, 5.74) is 7.85. The van der Waals surface area contributed by atoms with Crippen molar-refractivity contribution >= 4 is 87.4 Å². The molecule has 180 valence electrons. The first-order chi connectivity index (χ1) is 19.3. The van der Waals surface area contributed by atoms with Gasteiger partial charge in [-0.3, -0.25) is 4.98 Å². The van der Waals surface area contributed by atoms with Crippen molar-refractivity contribution < 1.29 is 8.83 Å². The van der Waals surface area contributed by atoms with E-state index >= 15 is 0 Å². The average molecular weight is 499 g/mol. The van der Waals surface area contributed by atoms with Crippen LogP contribution in [0, 0.1) is 0 Å². The zero-order valence-electron chi connectivity index (χ0n) is 20.6. The number of pyridine rings is 1. The second kappa shape index (κ2) is 6.74. The number of furan rings is 2. The lowest BCUT2D eigenvalue weighted by molar-refractivity contribution is 0.669. The van der Waals surface area contributed by atoms with E-state index in [1.165, 1.54) is 32.3 Å². The van der Waals surface area contributed by atoms with Gasteiger partial charge in [-0.1, -0.05) is 54.6 Å². The molecule has 4 heterocycles. The highest BCUT2D eigenvalue weighted by Gasteiger charge is 2.23. The quantitative estimate of drug-likeness (QED) is 0.212. The third-order valence-corrected chi connectivity index (χ3v) is 8.39. The van der Waals surface area contributed by atoms with Gasteiger partial charge in [0.2, 0.25) is 0 Å². The van der Waals surface area contributed by atoms with Crippen molar-refractivity contribution in [3.05, 3.63) is 109 Å². The first-order valence-electron chi connectivity index (χ1n) is 13.1. The van der Waals surface area contributed by atoms with Crippen LogP contribution in [0.5, 0.6) is 0 Å². The van der Waals surface area contributed by atoms with Gasteiger partial charge in [0.1, 0.15) is 22.3 Å². The molecule has 10 rings (SSSR count). The van der Waals surface area contributed by atoms with Gasteiger partial charge >= 0.3 is 0 Å². The van der Waals surface area contributed by atoms with E-state index in [1.807, 2.05) is 24.4 Å². The van der Waals surface area contributed by atoms with E-state index in [0.29, 0.717) is 0 Å². The highest BCUT2D eigenvalue weighted by molar-refractivity contribution is 6.35. The molecule has 0 saturated carbocycles. The van der Waals surface area contributed by atoms with Gasteiger partial charge in [0.25, 0.3) is 0 Å². The van der Waals surface area contributed by atoms with Crippen LogP contribution < -0.4 is 0 Å². The van der Waals surface area contributed by atoms with E-state index in [1.54, 1.807) is 0 Å². The molecule has 4 heteroatoms. The average Bonchev–Trinajstić information content (AvgIpc) is 3.65. The third-order valence-electron chi connectivity index (χ3n) is 8.39. The largest absolute Gasteiger partial charge is 0.456 e. The number of hydrogen-bond acceptors (Lipinski definition) is 3. The molecule has 0 fully saturated rings. The second-order valence-corrected chi connectivity index (χ2v) is 10.3. The Labute approximate surface area is 220 Å². The molecule has 0 amide bonds. The Hall–Kier alpha value is -5.35.